The summed E-state index contributed by atoms with van der Waals surface area (Å²) < 4.78 is 43.0. The van der Waals surface area contributed by atoms with Gasteiger partial charge in [0.25, 0.3) is 11.8 Å². The Bertz CT molecular complexity index is 1110. The molecule has 2 aromatic rings. The van der Waals surface area contributed by atoms with Crippen LogP contribution in [0, 0.1) is 10.1 Å². The Hall–Kier alpha value is -3.81. The Balaban J connectivity index is 2.13. The number of benzene rings is 2. The zero-order valence-electron chi connectivity index (χ0n) is 18.5. The van der Waals surface area contributed by atoms with Crippen molar-refractivity contribution in [3.63, 3.8) is 0 Å². The van der Waals surface area contributed by atoms with Gasteiger partial charge in [0.15, 0.2) is 5.75 Å². The third-order valence-electron chi connectivity index (χ3n) is 4.59. The van der Waals surface area contributed by atoms with Crippen LogP contribution in [0.3, 0.4) is 0 Å². The minimum atomic E-state index is -4.55. The summed E-state index contributed by atoms with van der Waals surface area (Å²) >= 11 is 1.41. The number of hydrogen-bond donors (Lipinski definition) is 3. The van der Waals surface area contributed by atoms with E-state index < -0.39 is 46.0 Å². The minimum Gasteiger partial charge on any atom is -0.500 e. The third kappa shape index (κ3) is 7.60. The molecular formula is C21H21F3N4O6S. The first-order valence-electron chi connectivity index (χ1n) is 9.83. The fourth-order valence-electron chi connectivity index (χ4n) is 2.79. The molecule has 1 unspecified atom stereocenters. The van der Waals surface area contributed by atoms with Gasteiger partial charge in [-0.2, -0.15) is 30.0 Å². The van der Waals surface area contributed by atoms with Gasteiger partial charge >= 0.3 is 11.9 Å². The molecule has 2 aromatic carbocycles. The lowest BCUT2D eigenvalue weighted by Crippen LogP contribution is -2.45. The van der Waals surface area contributed by atoms with E-state index in [1.54, 1.807) is 6.26 Å². The van der Waals surface area contributed by atoms with Gasteiger partial charge in [-0.1, -0.05) is 0 Å². The monoisotopic (exact) mass is 514 g/mol. The van der Waals surface area contributed by atoms with Crippen LogP contribution in [0.25, 0.3) is 0 Å². The summed E-state index contributed by atoms with van der Waals surface area (Å²) in [6, 6.07) is 4.76. The predicted molar refractivity (Wildman–Crippen MR) is 123 cm³/mol. The summed E-state index contributed by atoms with van der Waals surface area (Å²) in [5.41, 5.74) is 0.751. The van der Waals surface area contributed by atoms with Gasteiger partial charge in [-0.25, -0.2) is 5.43 Å². The molecule has 0 aliphatic heterocycles. The summed E-state index contributed by atoms with van der Waals surface area (Å²) in [5, 5.41) is 27.1. The molecule has 0 aliphatic carbocycles. The normalized spacial score (nSPS) is 12.3. The van der Waals surface area contributed by atoms with Crippen LogP contribution in [-0.4, -0.2) is 53.2 Å². The molecule has 0 radical (unpaired) electrons. The molecule has 0 aromatic heterocycles. The number of nitro benzene ring substituents is 1. The third-order valence-corrected chi connectivity index (χ3v) is 5.23. The van der Waals surface area contributed by atoms with Crippen LogP contribution in [0.15, 0.2) is 41.5 Å². The number of nitrogens with zero attached hydrogens (tertiary/aromatic N) is 2. The highest BCUT2D eigenvalue weighted by Gasteiger charge is 2.30. The van der Waals surface area contributed by atoms with Crippen LogP contribution in [0.1, 0.15) is 27.9 Å². The van der Waals surface area contributed by atoms with Crippen LogP contribution >= 0.6 is 11.8 Å². The number of hydrogen-bond acceptors (Lipinski definition) is 8. The maximum Gasteiger partial charge on any atom is 0.416 e. The highest BCUT2D eigenvalue weighted by molar-refractivity contribution is 7.98. The van der Waals surface area contributed by atoms with Crippen LogP contribution in [-0.2, 0) is 11.0 Å². The zero-order valence-corrected chi connectivity index (χ0v) is 19.3. The first-order chi connectivity index (χ1) is 16.5. The molecule has 0 saturated heterocycles. The number of phenols is 1. The molecule has 0 saturated carbocycles. The van der Waals surface area contributed by atoms with Crippen LogP contribution < -0.4 is 15.5 Å². The summed E-state index contributed by atoms with van der Waals surface area (Å²) in [6.45, 7) is 0. The number of methoxy groups -OCH3 is 1. The number of nitrogens with one attached hydrogen (secondary N) is 2. The van der Waals surface area contributed by atoms with Crippen LogP contribution in [0.5, 0.6) is 11.5 Å². The highest BCUT2D eigenvalue weighted by atomic mass is 32.2. The molecule has 0 spiro atoms. The average Bonchev–Trinajstić information content (AvgIpc) is 2.81. The number of thioether (sulfide) groups is 1. The maximum atomic E-state index is 12.7. The Morgan fingerprint density at radius 2 is 1.94 bits per heavy atom. The summed E-state index contributed by atoms with van der Waals surface area (Å²) in [5.74, 6) is -1.81. The molecule has 0 heterocycles. The Kier molecular flexibility index (Phi) is 9.45. The lowest BCUT2D eigenvalue weighted by molar-refractivity contribution is -0.386. The predicted octanol–water partition coefficient (Wildman–Crippen LogP) is 3.33. The number of phenolic OH excluding ortho intramolecular Hbond substituents is 1. The zero-order chi connectivity index (χ0) is 26.2. The number of amides is 2. The van der Waals surface area contributed by atoms with Gasteiger partial charge in [0, 0.05) is 17.2 Å². The van der Waals surface area contributed by atoms with Crippen molar-refractivity contribution in [2.45, 2.75) is 18.6 Å². The fraction of sp³-hybridized carbons (Fsp3) is 0.286. The van der Waals surface area contributed by atoms with Crippen molar-refractivity contribution >= 4 is 35.5 Å². The summed E-state index contributed by atoms with van der Waals surface area (Å²) in [6.07, 6.45) is -1.48. The number of carbonyl (C=O) groups excluding carboxylic acids is 2. The molecule has 14 heteroatoms. The molecule has 2 rings (SSSR count). The number of aromatic hydroxyl groups is 1. The van der Waals surface area contributed by atoms with Crippen LogP contribution in [0.2, 0.25) is 0 Å². The number of nitro groups is 1. The number of rotatable bonds is 10. The first-order valence-corrected chi connectivity index (χ1v) is 11.2. The molecule has 188 valence electrons. The van der Waals surface area contributed by atoms with Crippen molar-refractivity contribution in [1.82, 2.24) is 10.7 Å². The molecular weight excluding hydrogens is 493 g/mol. The van der Waals surface area contributed by atoms with Crippen molar-refractivity contribution in [2.75, 3.05) is 19.1 Å². The largest absolute Gasteiger partial charge is 0.500 e. The van der Waals surface area contributed by atoms with E-state index in [2.05, 4.69) is 15.8 Å². The first kappa shape index (κ1) is 27.4. The molecule has 35 heavy (non-hydrogen) atoms. The van der Waals surface area contributed by atoms with Gasteiger partial charge in [0.2, 0.25) is 5.75 Å². The van der Waals surface area contributed by atoms with Crippen molar-refractivity contribution in [3.8, 4) is 11.5 Å². The minimum absolute atomic E-state index is 0.0630. The van der Waals surface area contributed by atoms with Gasteiger partial charge in [0.1, 0.15) is 6.04 Å². The lowest BCUT2D eigenvalue weighted by Gasteiger charge is -2.17. The number of halogens is 3. The van der Waals surface area contributed by atoms with Gasteiger partial charge in [-0.05, 0) is 48.8 Å². The number of hydrazone groups is 1. The quantitative estimate of drug-likeness (QED) is 0.251. The second kappa shape index (κ2) is 12.1. The molecule has 0 aliphatic rings. The number of alkyl halides is 3. The van der Waals surface area contributed by atoms with E-state index in [1.807, 2.05) is 0 Å². The molecule has 2 amide bonds. The molecule has 1 atom stereocenters. The second-order valence-corrected chi connectivity index (χ2v) is 7.95. The van der Waals surface area contributed by atoms with Crippen molar-refractivity contribution in [2.24, 2.45) is 5.10 Å². The van der Waals surface area contributed by atoms with E-state index in [4.69, 9.17) is 4.74 Å². The second-order valence-electron chi connectivity index (χ2n) is 6.96. The van der Waals surface area contributed by atoms with Crippen molar-refractivity contribution < 1.29 is 37.5 Å². The lowest BCUT2D eigenvalue weighted by atomic mass is 10.1. The van der Waals surface area contributed by atoms with Gasteiger partial charge in [0.05, 0.1) is 23.8 Å². The standard InChI is InChI=1S/C21H21F3N4O6S/c1-34-17-10-12(9-16(18(17)29)28(32)33)11-25-27-20(31)15(7-8-35-2)26-19(30)13-3-5-14(6-4-13)21(22,23)24/h3-6,9-11,15,29H,7-8H2,1-2H3,(H,26,30)(H,27,31)/b25-11+. The van der Waals surface area contributed by atoms with E-state index >= 15 is 0 Å². The van der Waals surface area contributed by atoms with Crippen molar-refractivity contribution in [1.29, 1.82) is 0 Å². The average molecular weight is 514 g/mol. The Morgan fingerprint density at radius 3 is 2.49 bits per heavy atom. The molecule has 0 fully saturated rings. The number of ether oxygens (including phenoxy) is 1. The highest BCUT2D eigenvalue weighted by Crippen LogP contribution is 2.36. The van der Waals surface area contributed by atoms with Gasteiger partial charge < -0.3 is 15.2 Å². The van der Waals surface area contributed by atoms with Crippen molar-refractivity contribution in [3.05, 3.63) is 63.2 Å². The SMILES string of the molecule is COc1cc(/C=N/NC(=O)C(CCSC)NC(=O)c2ccc(C(F)(F)F)cc2)cc([N+](=O)[O-])c1O. The van der Waals surface area contributed by atoms with E-state index in [-0.39, 0.29) is 23.3 Å². The van der Waals surface area contributed by atoms with E-state index in [0.717, 1.165) is 36.5 Å². The fourth-order valence-corrected chi connectivity index (χ4v) is 3.26. The molecule has 10 nitrogen and oxygen atoms in total. The Labute approximate surface area is 201 Å². The smallest absolute Gasteiger partial charge is 0.416 e. The Morgan fingerprint density at radius 1 is 1.29 bits per heavy atom. The summed E-state index contributed by atoms with van der Waals surface area (Å²) in [7, 11) is 1.21. The van der Waals surface area contributed by atoms with E-state index in [1.165, 1.54) is 24.9 Å². The van der Waals surface area contributed by atoms with Gasteiger partial charge in [-0.3, -0.25) is 19.7 Å². The molecule has 0 bridgehead atoms. The van der Waals surface area contributed by atoms with E-state index in [9.17, 15) is 38.0 Å². The van der Waals surface area contributed by atoms with Crippen LogP contribution in [0.4, 0.5) is 18.9 Å². The molecule has 3 N–H and O–H groups in total. The maximum absolute atomic E-state index is 12.7. The van der Waals surface area contributed by atoms with E-state index in [0.29, 0.717) is 5.75 Å². The number of carbonyl (C=O) groups is 2. The topological polar surface area (TPSA) is 143 Å². The summed E-state index contributed by atoms with van der Waals surface area (Å²) in [4.78, 5) is 35.3. The van der Waals surface area contributed by atoms with Gasteiger partial charge in [-0.15, -0.1) is 0 Å².